The Morgan fingerprint density at radius 1 is 1.12 bits per heavy atom. The zero-order chi connectivity index (χ0) is 11.8. The number of benzene rings is 1. The van der Waals surface area contributed by atoms with Gasteiger partial charge in [0, 0.05) is 11.5 Å². The molecule has 1 aromatic carbocycles. The van der Waals surface area contributed by atoms with Gasteiger partial charge < -0.3 is 4.74 Å². The summed E-state index contributed by atoms with van der Waals surface area (Å²) in [6, 6.07) is 7.04. The Labute approximate surface area is 95.8 Å². The summed E-state index contributed by atoms with van der Waals surface area (Å²) in [6.45, 7) is 0. The Morgan fingerprint density at radius 2 is 1.88 bits per heavy atom. The standard InChI is InChI=1S/C12H7NO4/c14-9-8-7-5-3-1-2-4-6(5)17-11(16)12(7,8)10(15)13-9/h1-4,7-8H,(H,13,14,15). The van der Waals surface area contributed by atoms with E-state index in [1.807, 2.05) is 6.07 Å². The third-order valence-corrected chi connectivity index (χ3v) is 3.89. The summed E-state index contributed by atoms with van der Waals surface area (Å²) in [5.74, 6) is -1.93. The number of esters is 1. The molecule has 3 aliphatic rings. The molecule has 2 heterocycles. The molecular weight excluding hydrogens is 222 g/mol. The average molecular weight is 229 g/mol. The summed E-state index contributed by atoms with van der Waals surface area (Å²) in [6.07, 6.45) is 0. The van der Waals surface area contributed by atoms with E-state index in [1.54, 1.807) is 18.2 Å². The molecule has 2 fully saturated rings. The minimum absolute atomic E-state index is 0.332. The van der Waals surface area contributed by atoms with Crippen LogP contribution in [0.5, 0.6) is 5.75 Å². The Bertz CT molecular complexity index is 608. The van der Waals surface area contributed by atoms with Gasteiger partial charge in [-0.15, -0.1) is 0 Å². The van der Waals surface area contributed by atoms with Crippen molar-refractivity contribution in [2.45, 2.75) is 5.92 Å². The van der Waals surface area contributed by atoms with Crippen molar-refractivity contribution in [3.05, 3.63) is 29.8 Å². The van der Waals surface area contributed by atoms with Crippen LogP contribution in [-0.2, 0) is 14.4 Å². The third-order valence-electron chi connectivity index (χ3n) is 3.89. The van der Waals surface area contributed by atoms with Crippen molar-refractivity contribution >= 4 is 17.8 Å². The van der Waals surface area contributed by atoms with Crippen LogP contribution in [0.4, 0.5) is 0 Å². The Balaban J connectivity index is 1.96. The lowest BCUT2D eigenvalue weighted by atomic mass is 9.95. The monoisotopic (exact) mass is 229 g/mol. The van der Waals surface area contributed by atoms with Crippen LogP contribution in [0.2, 0.25) is 0 Å². The van der Waals surface area contributed by atoms with E-state index in [4.69, 9.17) is 4.74 Å². The van der Waals surface area contributed by atoms with E-state index in [0.29, 0.717) is 5.75 Å². The summed E-state index contributed by atoms with van der Waals surface area (Å²) in [5.41, 5.74) is -0.494. The molecule has 1 saturated carbocycles. The van der Waals surface area contributed by atoms with Crippen LogP contribution in [0.15, 0.2) is 24.3 Å². The molecule has 1 spiro atoms. The van der Waals surface area contributed by atoms with Crippen LogP contribution in [0.1, 0.15) is 11.5 Å². The Morgan fingerprint density at radius 3 is 2.71 bits per heavy atom. The molecule has 3 unspecified atom stereocenters. The van der Waals surface area contributed by atoms with Gasteiger partial charge in [0.1, 0.15) is 5.75 Å². The molecule has 1 N–H and O–H groups in total. The minimum atomic E-state index is -1.27. The molecule has 5 heteroatoms. The van der Waals surface area contributed by atoms with Gasteiger partial charge in [0.25, 0.3) is 0 Å². The van der Waals surface area contributed by atoms with Gasteiger partial charge in [-0.3, -0.25) is 19.7 Å². The van der Waals surface area contributed by atoms with Crippen molar-refractivity contribution in [1.82, 2.24) is 5.32 Å². The number of hydrogen-bond acceptors (Lipinski definition) is 4. The van der Waals surface area contributed by atoms with E-state index >= 15 is 0 Å². The van der Waals surface area contributed by atoms with Gasteiger partial charge in [-0.25, -0.2) is 0 Å². The lowest BCUT2D eigenvalue weighted by molar-refractivity contribution is -0.147. The quantitative estimate of drug-likeness (QED) is 0.293. The molecule has 5 nitrogen and oxygen atoms in total. The van der Waals surface area contributed by atoms with Crippen LogP contribution < -0.4 is 10.1 Å². The molecule has 0 radical (unpaired) electrons. The zero-order valence-electron chi connectivity index (χ0n) is 8.60. The second-order valence-electron chi connectivity index (χ2n) is 4.57. The highest BCUT2D eigenvalue weighted by atomic mass is 16.5. The number of imide groups is 1. The van der Waals surface area contributed by atoms with Crippen molar-refractivity contribution < 1.29 is 19.1 Å². The normalized spacial score (nSPS) is 36.6. The highest BCUT2D eigenvalue weighted by Crippen LogP contribution is 2.71. The van der Waals surface area contributed by atoms with Gasteiger partial charge in [-0.2, -0.15) is 0 Å². The molecule has 0 aromatic heterocycles. The maximum atomic E-state index is 11.9. The second kappa shape index (κ2) is 2.40. The summed E-state index contributed by atoms with van der Waals surface area (Å²) in [4.78, 5) is 35.3. The first kappa shape index (κ1) is 8.92. The van der Waals surface area contributed by atoms with Gasteiger partial charge in [-0.1, -0.05) is 18.2 Å². The summed E-state index contributed by atoms with van der Waals surface area (Å²) in [5, 5.41) is 2.19. The largest absolute Gasteiger partial charge is 0.425 e. The van der Waals surface area contributed by atoms with E-state index in [9.17, 15) is 14.4 Å². The molecule has 1 aromatic rings. The van der Waals surface area contributed by atoms with Gasteiger partial charge >= 0.3 is 5.97 Å². The van der Waals surface area contributed by atoms with Crippen LogP contribution in [-0.4, -0.2) is 17.8 Å². The van der Waals surface area contributed by atoms with Crippen molar-refractivity contribution in [2.24, 2.45) is 11.3 Å². The molecule has 2 aliphatic heterocycles. The number of amides is 2. The number of para-hydroxylation sites is 1. The topological polar surface area (TPSA) is 72.5 Å². The van der Waals surface area contributed by atoms with Crippen molar-refractivity contribution in [3.8, 4) is 5.75 Å². The number of carbonyl (C=O) groups excluding carboxylic acids is 3. The first-order valence-corrected chi connectivity index (χ1v) is 5.34. The van der Waals surface area contributed by atoms with E-state index < -0.39 is 23.2 Å². The van der Waals surface area contributed by atoms with Crippen molar-refractivity contribution in [2.75, 3.05) is 0 Å². The van der Waals surface area contributed by atoms with Crippen LogP contribution in [0, 0.1) is 11.3 Å². The van der Waals surface area contributed by atoms with Crippen LogP contribution in [0.25, 0.3) is 0 Å². The highest BCUT2D eigenvalue weighted by molar-refractivity contribution is 6.24. The lowest BCUT2D eigenvalue weighted by Gasteiger charge is -2.20. The summed E-state index contributed by atoms with van der Waals surface area (Å²) < 4.78 is 5.16. The van der Waals surface area contributed by atoms with E-state index in [-0.39, 0.29) is 11.8 Å². The smallest absolute Gasteiger partial charge is 0.328 e. The van der Waals surface area contributed by atoms with Crippen LogP contribution >= 0.6 is 0 Å². The van der Waals surface area contributed by atoms with Gasteiger partial charge in [0.2, 0.25) is 11.8 Å². The lowest BCUT2D eigenvalue weighted by Crippen LogP contribution is -2.39. The number of ether oxygens (including phenoxy) is 1. The maximum Gasteiger partial charge on any atom is 0.328 e. The zero-order valence-corrected chi connectivity index (χ0v) is 8.60. The molecule has 1 aliphatic carbocycles. The van der Waals surface area contributed by atoms with E-state index in [2.05, 4.69) is 5.32 Å². The fraction of sp³-hybridized carbons (Fsp3) is 0.250. The summed E-state index contributed by atoms with van der Waals surface area (Å²) in [7, 11) is 0. The number of carbonyl (C=O) groups is 3. The molecular formula is C12H7NO4. The van der Waals surface area contributed by atoms with Crippen molar-refractivity contribution in [1.29, 1.82) is 0 Å². The SMILES string of the molecule is O=C1NC(=O)C23C(=O)Oc4ccccc4C2C13. The molecule has 3 atom stereocenters. The van der Waals surface area contributed by atoms with E-state index in [1.165, 1.54) is 0 Å². The second-order valence-corrected chi connectivity index (χ2v) is 4.57. The summed E-state index contributed by atoms with van der Waals surface area (Å²) >= 11 is 0. The molecule has 4 rings (SSSR count). The number of rotatable bonds is 0. The number of nitrogens with one attached hydrogen (secondary N) is 1. The van der Waals surface area contributed by atoms with Crippen molar-refractivity contribution in [3.63, 3.8) is 0 Å². The fourth-order valence-corrected chi connectivity index (χ4v) is 3.11. The minimum Gasteiger partial charge on any atom is -0.425 e. The Kier molecular flexibility index (Phi) is 1.26. The van der Waals surface area contributed by atoms with Gasteiger partial charge in [-0.05, 0) is 6.07 Å². The molecule has 17 heavy (non-hydrogen) atoms. The van der Waals surface area contributed by atoms with Crippen LogP contribution in [0.3, 0.4) is 0 Å². The molecule has 1 saturated heterocycles. The third kappa shape index (κ3) is 0.749. The Hall–Kier alpha value is -2.17. The molecule has 0 bridgehead atoms. The number of fused-ring (bicyclic) bond motifs is 3. The average Bonchev–Trinajstić information content (AvgIpc) is 2.94. The van der Waals surface area contributed by atoms with E-state index in [0.717, 1.165) is 5.56 Å². The molecule has 2 amide bonds. The predicted octanol–water partition coefficient (Wildman–Crippen LogP) is -0.0382. The number of piperidine rings is 1. The highest BCUT2D eigenvalue weighted by Gasteiger charge is 2.84. The first-order valence-electron chi connectivity index (χ1n) is 5.34. The van der Waals surface area contributed by atoms with Gasteiger partial charge in [0.05, 0.1) is 5.92 Å². The predicted molar refractivity (Wildman–Crippen MR) is 53.9 cm³/mol. The first-order chi connectivity index (χ1) is 8.17. The maximum absolute atomic E-state index is 11.9. The van der Waals surface area contributed by atoms with Gasteiger partial charge in [0.15, 0.2) is 5.41 Å². The molecule has 84 valence electrons. The fourth-order valence-electron chi connectivity index (χ4n) is 3.11. The number of hydrogen-bond donors (Lipinski definition) is 1.